The van der Waals surface area contributed by atoms with Crippen LogP contribution in [0.2, 0.25) is 0 Å². The number of hydrogen-bond acceptors (Lipinski definition) is 5. The molecular weight excluding hydrogens is 256 g/mol. The number of para-hydroxylation sites is 2. The number of ether oxygens (including phenoxy) is 2. The molecule has 6 nitrogen and oxygen atoms in total. The molecule has 3 N–H and O–H groups in total. The zero-order chi connectivity index (χ0) is 13.1. The van der Waals surface area contributed by atoms with E-state index in [0.717, 1.165) is 0 Å². The van der Waals surface area contributed by atoms with Crippen molar-refractivity contribution in [3.05, 3.63) is 39.4 Å². The summed E-state index contributed by atoms with van der Waals surface area (Å²) in [7, 11) is 1.48. The smallest absolute Gasteiger partial charge is 0.298 e. The Balaban J connectivity index is 2.47. The fourth-order valence-electron chi connectivity index (χ4n) is 1.37. The van der Waals surface area contributed by atoms with Gasteiger partial charge in [-0.15, -0.1) is 0 Å². The van der Waals surface area contributed by atoms with Crippen molar-refractivity contribution in [3.63, 3.8) is 0 Å². The predicted molar refractivity (Wildman–Crippen MR) is 67.0 cm³/mol. The van der Waals surface area contributed by atoms with Crippen molar-refractivity contribution in [3.8, 4) is 23.1 Å². The minimum absolute atomic E-state index is 0.0184. The van der Waals surface area contributed by atoms with E-state index in [4.69, 9.17) is 21.7 Å². The van der Waals surface area contributed by atoms with Crippen LogP contribution in [0, 0.1) is 4.77 Å². The van der Waals surface area contributed by atoms with E-state index in [1.165, 1.54) is 7.11 Å². The minimum Gasteiger partial charge on any atom is -0.493 e. The standard InChI is InChI=1S/C11H10N2O4S/c1-16-6-4-2-3-5-7(6)17-8-9(14)12-11(18)13-10(8)15/h2-5H,1H3,(H3,12,13,14,15,18). The summed E-state index contributed by atoms with van der Waals surface area (Å²) in [4.78, 5) is 16.3. The number of rotatable bonds is 3. The number of methoxy groups -OCH3 is 1. The quantitative estimate of drug-likeness (QED) is 0.739. The van der Waals surface area contributed by atoms with Gasteiger partial charge >= 0.3 is 0 Å². The molecule has 18 heavy (non-hydrogen) atoms. The summed E-state index contributed by atoms with van der Waals surface area (Å²) in [6.45, 7) is 0. The molecule has 1 aromatic heterocycles. The molecule has 0 amide bonds. The second-order valence-corrected chi connectivity index (χ2v) is 3.75. The Morgan fingerprint density at radius 2 is 1.89 bits per heavy atom. The highest BCUT2D eigenvalue weighted by atomic mass is 32.1. The second-order valence-electron chi connectivity index (χ2n) is 3.34. The summed E-state index contributed by atoms with van der Waals surface area (Å²) in [6.07, 6.45) is 0. The molecule has 2 rings (SSSR count). The largest absolute Gasteiger partial charge is 0.493 e. The lowest BCUT2D eigenvalue weighted by atomic mass is 10.3. The van der Waals surface area contributed by atoms with E-state index in [9.17, 15) is 9.90 Å². The van der Waals surface area contributed by atoms with E-state index in [1.807, 2.05) is 0 Å². The summed E-state index contributed by atoms with van der Waals surface area (Å²) in [6, 6.07) is 6.76. The van der Waals surface area contributed by atoms with Gasteiger partial charge in [-0.1, -0.05) is 12.1 Å². The molecular formula is C11H10N2O4S. The van der Waals surface area contributed by atoms with Crippen molar-refractivity contribution in [2.24, 2.45) is 0 Å². The molecule has 0 saturated carbocycles. The molecule has 1 aromatic carbocycles. The first kappa shape index (κ1) is 12.2. The number of H-pyrrole nitrogens is 2. The zero-order valence-corrected chi connectivity index (χ0v) is 10.2. The number of hydrogen-bond donors (Lipinski definition) is 3. The maximum atomic E-state index is 11.6. The molecule has 0 aliphatic rings. The van der Waals surface area contributed by atoms with Crippen molar-refractivity contribution in [1.82, 2.24) is 9.97 Å². The minimum atomic E-state index is -0.623. The average molecular weight is 266 g/mol. The first-order valence-corrected chi connectivity index (χ1v) is 5.39. The van der Waals surface area contributed by atoms with Gasteiger partial charge in [-0.3, -0.25) is 14.8 Å². The van der Waals surface area contributed by atoms with Gasteiger partial charge in [-0.2, -0.15) is 0 Å². The molecule has 1 heterocycles. The van der Waals surface area contributed by atoms with Gasteiger partial charge in [0.15, 0.2) is 16.3 Å². The van der Waals surface area contributed by atoms with Gasteiger partial charge in [-0.25, -0.2) is 0 Å². The van der Waals surface area contributed by atoms with Crippen LogP contribution in [0.15, 0.2) is 29.1 Å². The van der Waals surface area contributed by atoms with Crippen molar-refractivity contribution in [2.75, 3.05) is 7.11 Å². The van der Waals surface area contributed by atoms with Gasteiger partial charge in [0.1, 0.15) is 0 Å². The number of aromatic amines is 2. The molecule has 0 aliphatic heterocycles. The topological polar surface area (TPSA) is 87.3 Å². The van der Waals surface area contributed by atoms with Crippen LogP contribution >= 0.6 is 12.2 Å². The van der Waals surface area contributed by atoms with Gasteiger partial charge in [0.25, 0.3) is 11.3 Å². The Bertz CT molecular complexity index is 677. The number of benzene rings is 1. The van der Waals surface area contributed by atoms with Gasteiger partial charge < -0.3 is 14.6 Å². The highest BCUT2D eigenvalue weighted by Crippen LogP contribution is 2.31. The van der Waals surface area contributed by atoms with Crippen LogP contribution in [0.1, 0.15) is 0 Å². The van der Waals surface area contributed by atoms with Gasteiger partial charge in [-0.05, 0) is 24.4 Å². The van der Waals surface area contributed by atoms with Crippen molar-refractivity contribution < 1.29 is 14.6 Å². The van der Waals surface area contributed by atoms with E-state index in [1.54, 1.807) is 24.3 Å². The summed E-state index contributed by atoms with van der Waals surface area (Å²) < 4.78 is 10.4. The third-order valence-electron chi connectivity index (χ3n) is 2.16. The number of nitrogens with one attached hydrogen (secondary N) is 2. The summed E-state index contributed by atoms with van der Waals surface area (Å²) in [5.74, 6) is 0.0489. The molecule has 0 fully saturated rings. The van der Waals surface area contributed by atoms with Crippen molar-refractivity contribution >= 4 is 12.2 Å². The lowest BCUT2D eigenvalue weighted by Crippen LogP contribution is -2.10. The molecule has 0 atom stereocenters. The van der Waals surface area contributed by atoms with E-state index in [-0.39, 0.29) is 10.5 Å². The zero-order valence-electron chi connectivity index (χ0n) is 9.39. The Kier molecular flexibility index (Phi) is 3.33. The van der Waals surface area contributed by atoms with E-state index < -0.39 is 11.4 Å². The van der Waals surface area contributed by atoms with E-state index >= 15 is 0 Å². The first-order chi connectivity index (χ1) is 8.61. The summed E-state index contributed by atoms with van der Waals surface area (Å²) in [5.41, 5.74) is -0.623. The summed E-state index contributed by atoms with van der Waals surface area (Å²) in [5, 5.41) is 9.59. The Morgan fingerprint density at radius 1 is 1.22 bits per heavy atom. The second kappa shape index (κ2) is 4.92. The van der Waals surface area contributed by atoms with Crippen LogP contribution in [0.25, 0.3) is 0 Å². The summed E-state index contributed by atoms with van der Waals surface area (Å²) >= 11 is 4.71. The van der Waals surface area contributed by atoms with Crippen LogP contribution in [-0.4, -0.2) is 22.2 Å². The molecule has 7 heteroatoms. The Morgan fingerprint density at radius 3 is 2.50 bits per heavy atom. The van der Waals surface area contributed by atoms with Crippen LogP contribution in [0.4, 0.5) is 0 Å². The maximum Gasteiger partial charge on any atom is 0.298 e. The molecule has 0 aliphatic carbocycles. The number of aromatic hydroxyl groups is 1. The molecule has 0 spiro atoms. The van der Waals surface area contributed by atoms with Crippen LogP contribution in [0.3, 0.4) is 0 Å². The normalized spacial score (nSPS) is 10.1. The number of aromatic nitrogens is 2. The van der Waals surface area contributed by atoms with Crippen LogP contribution < -0.4 is 15.0 Å². The van der Waals surface area contributed by atoms with E-state index in [0.29, 0.717) is 11.5 Å². The highest BCUT2D eigenvalue weighted by molar-refractivity contribution is 7.71. The van der Waals surface area contributed by atoms with Crippen molar-refractivity contribution in [1.29, 1.82) is 0 Å². The van der Waals surface area contributed by atoms with Gasteiger partial charge in [0, 0.05) is 0 Å². The molecule has 0 radical (unpaired) electrons. The fourth-order valence-corrected chi connectivity index (χ4v) is 1.56. The van der Waals surface area contributed by atoms with Gasteiger partial charge in [0.05, 0.1) is 7.11 Å². The van der Waals surface area contributed by atoms with Crippen molar-refractivity contribution in [2.45, 2.75) is 0 Å². The van der Waals surface area contributed by atoms with Gasteiger partial charge in [0.2, 0.25) is 5.88 Å². The molecule has 2 aromatic rings. The molecule has 0 bridgehead atoms. The fraction of sp³-hybridized carbons (Fsp3) is 0.0909. The lowest BCUT2D eigenvalue weighted by Gasteiger charge is -2.09. The molecule has 0 saturated heterocycles. The third kappa shape index (κ3) is 2.35. The predicted octanol–water partition coefficient (Wildman–Crippen LogP) is 1.94. The Hall–Kier alpha value is -2.28. The molecule has 0 unspecified atom stereocenters. The molecule has 94 valence electrons. The average Bonchev–Trinajstić information content (AvgIpc) is 2.34. The Labute approximate surface area is 107 Å². The lowest BCUT2D eigenvalue weighted by molar-refractivity contribution is 0.357. The third-order valence-corrected chi connectivity index (χ3v) is 2.37. The van der Waals surface area contributed by atoms with Crippen LogP contribution in [0.5, 0.6) is 23.1 Å². The highest BCUT2D eigenvalue weighted by Gasteiger charge is 2.12. The first-order valence-electron chi connectivity index (χ1n) is 4.98. The SMILES string of the molecule is COc1ccccc1Oc1c(O)[nH]c(=S)[nH]c1=O. The van der Waals surface area contributed by atoms with E-state index in [2.05, 4.69) is 9.97 Å². The maximum absolute atomic E-state index is 11.6. The monoisotopic (exact) mass is 266 g/mol. The van der Waals surface area contributed by atoms with Crippen LogP contribution in [-0.2, 0) is 0 Å².